The highest BCUT2D eigenvalue weighted by Crippen LogP contribution is 2.10. The van der Waals surface area contributed by atoms with E-state index >= 15 is 0 Å². The Bertz CT molecular complexity index is 378. The first-order valence-electron chi connectivity index (χ1n) is 5.69. The van der Waals surface area contributed by atoms with Crippen LogP contribution in [0.4, 0.5) is 0 Å². The number of aryl methyl sites for hydroxylation is 1. The second-order valence-electron chi connectivity index (χ2n) is 4.08. The van der Waals surface area contributed by atoms with Crippen LogP contribution in [0.25, 0.3) is 0 Å². The van der Waals surface area contributed by atoms with Crippen LogP contribution in [-0.4, -0.2) is 34.7 Å². The Kier molecular flexibility index (Phi) is 3.39. The van der Waals surface area contributed by atoms with Crippen LogP contribution in [0.2, 0.25) is 0 Å². The smallest absolute Gasteiger partial charge is 0.224 e. The lowest BCUT2D eigenvalue weighted by molar-refractivity contribution is -0.130. The summed E-state index contributed by atoms with van der Waals surface area (Å²) in [6.07, 6.45) is 5.38. The fraction of sp³-hybridized carbons (Fsp3) is 0.500. The quantitative estimate of drug-likeness (QED) is 0.718. The summed E-state index contributed by atoms with van der Waals surface area (Å²) in [7, 11) is 0. The zero-order valence-corrected chi connectivity index (χ0v) is 9.26. The molecule has 0 bridgehead atoms. The van der Waals surface area contributed by atoms with Gasteiger partial charge in [-0.2, -0.15) is 0 Å². The first-order chi connectivity index (χ1) is 7.81. The van der Waals surface area contributed by atoms with E-state index in [4.69, 9.17) is 0 Å². The minimum Gasteiger partial charge on any atom is -0.345 e. The van der Waals surface area contributed by atoms with Gasteiger partial charge in [0.05, 0.1) is 5.69 Å². The molecule has 0 atom stereocenters. The molecule has 4 nitrogen and oxygen atoms in total. The lowest BCUT2D eigenvalue weighted by Gasteiger charge is -2.15. The lowest BCUT2D eigenvalue weighted by Crippen LogP contribution is -2.28. The topological polar surface area (TPSA) is 42.3 Å². The molecule has 0 spiro atoms. The highest BCUT2D eigenvalue weighted by atomic mass is 16.2. The van der Waals surface area contributed by atoms with E-state index in [1.165, 1.54) is 0 Å². The monoisotopic (exact) mass is 220 g/mol. The van der Waals surface area contributed by atoms with Gasteiger partial charge < -0.3 is 9.47 Å². The Labute approximate surface area is 94.8 Å². The van der Waals surface area contributed by atoms with Crippen molar-refractivity contribution >= 4 is 12.2 Å². The van der Waals surface area contributed by atoms with Crippen molar-refractivity contribution in [2.45, 2.75) is 25.8 Å². The van der Waals surface area contributed by atoms with Crippen molar-refractivity contribution in [3.63, 3.8) is 0 Å². The van der Waals surface area contributed by atoms with E-state index in [-0.39, 0.29) is 5.91 Å². The molecule has 1 saturated heterocycles. The molecule has 4 heteroatoms. The molecule has 0 radical (unpaired) electrons. The number of carbonyl (C=O) groups is 2. The zero-order chi connectivity index (χ0) is 11.4. The highest BCUT2D eigenvalue weighted by molar-refractivity contribution is 5.76. The van der Waals surface area contributed by atoms with E-state index in [0.717, 1.165) is 32.2 Å². The average Bonchev–Trinajstić information content (AvgIpc) is 2.96. The van der Waals surface area contributed by atoms with Crippen LogP contribution < -0.4 is 0 Å². The molecule has 1 fully saturated rings. The number of aromatic nitrogens is 1. The number of hydrogen-bond donors (Lipinski definition) is 0. The van der Waals surface area contributed by atoms with E-state index < -0.39 is 0 Å². The molecule has 0 aliphatic carbocycles. The molecule has 16 heavy (non-hydrogen) atoms. The zero-order valence-electron chi connectivity index (χ0n) is 9.26. The van der Waals surface area contributed by atoms with Gasteiger partial charge in [0, 0.05) is 32.3 Å². The summed E-state index contributed by atoms with van der Waals surface area (Å²) < 4.78 is 1.82. The van der Waals surface area contributed by atoms with Gasteiger partial charge in [-0.15, -0.1) is 0 Å². The van der Waals surface area contributed by atoms with E-state index in [2.05, 4.69) is 0 Å². The van der Waals surface area contributed by atoms with Gasteiger partial charge in [-0.25, -0.2) is 0 Å². The Hall–Kier alpha value is -1.58. The van der Waals surface area contributed by atoms with Gasteiger partial charge in [0.15, 0.2) is 6.29 Å². The third kappa shape index (κ3) is 2.32. The second kappa shape index (κ2) is 4.96. The molecule has 1 aromatic rings. The van der Waals surface area contributed by atoms with Crippen LogP contribution in [0, 0.1) is 0 Å². The van der Waals surface area contributed by atoms with Crippen LogP contribution in [0.15, 0.2) is 18.3 Å². The minimum absolute atomic E-state index is 0.197. The predicted molar refractivity (Wildman–Crippen MR) is 60.3 cm³/mol. The van der Waals surface area contributed by atoms with Crippen molar-refractivity contribution < 1.29 is 9.59 Å². The maximum absolute atomic E-state index is 11.8. The van der Waals surface area contributed by atoms with E-state index in [0.29, 0.717) is 18.7 Å². The Morgan fingerprint density at radius 1 is 1.38 bits per heavy atom. The fourth-order valence-electron chi connectivity index (χ4n) is 2.08. The number of amides is 1. The second-order valence-corrected chi connectivity index (χ2v) is 4.08. The Balaban J connectivity index is 1.87. The van der Waals surface area contributed by atoms with Gasteiger partial charge in [0.1, 0.15) is 0 Å². The fourth-order valence-corrected chi connectivity index (χ4v) is 2.08. The summed E-state index contributed by atoms with van der Waals surface area (Å²) >= 11 is 0. The molecule has 1 aliphatic rings. The third-order valence-corrected chi connectivity index (χ3v) is 3.01. The van der Waals surface area contributed by atoms with Crippen molar-refractivity contribution in [1.82, 2.24) is 9.47 Å². The maximum Gasteiger partial charge on any atom is 0.224 e. The van der Waals surface area contributed by atoms with Crippen molar-refractivity contribution in [2.75, 3.05) is 13.1 Å². The van der Waals surface area contributed by atoms with Crippen molar-refractivity contribution in [1.29, 1.82) is 0 Å². The van der Waals surface area contributed by atoms with Crippen molar-refractivity contribution in [2.24, 2.45) is 0 Å². The normalized spacial score (nSPS) is 15.4. The van der Waals surface area contributed by atoms with Gasteiger partial charge >= 0.3 is 0 Å². The largest absolute Gasteiger partial charge is 0.345 e. The van der Waals surface area contributed by atoms with Crippen LogP contribution >= 0.6 is 0 Å². The number of carbonyl (C=O) groups excluding carboxylic acids is 2. The molecule has 1 aliphatic heterocycles. The predicted octanol–water partition coefficient (Wildman–Crippen LogP) is 1.31. The summed E-state index contributed by atoms with van der Waals surface area (Å²) in [5.74, 6) is 0.197. The summed E-state index contributed by atoms with van der Waals surface area (Å²) in [6, 6.07) is 3.58. The van der Waals surface area contributed by atoms with Crippen molar-refractivity contribution in [3.05, 3.63) is 24.0 Å². The van der Waals surface area contributed by atoms with Gasteiger partial charge in [0.2, 0.25) is 5.91 Å². The number of rotatable bonds is 4. The molecular formula is C12H16N2O2. The van der Waals surface area contributed by atoms with Crippen LogP contribution in [0.3, 0.4) is 0 Å². The number of aldehydes is 1. The number of nitrogens with zero attached hydrogens (tertiary/aromatic N) is 2. The summed E-state index contributed by atoms with van der Waals surface area (Å²) in [5.41, 5.74) is 0.634. The summed E-state index contributed by atoms with van der Waals surface area (Å²) in [4.78, 5) is 24.3. The molecule has 0 aromatic carbocycles. The van der Waals surface area contributed by atoms with Crippen LogP contribution in [0.5, 0.6) is 0 Å². The average molecular weight is 220 g/mol. The van der Waals surface area contributed by atoms with Crippen molar-refractivity contribution in [3.8, 4) is 0 Å². The van der Waals surface area contributed by atoms with Gasteiger partial charge in [0.25, 0.3) is 0 Å². The number of hydrogen-bond acceptors (Lipinski definition) is 2. The highest BCUT2D eigenvalue weighted by Gasteiger charge is 2.17. The first kappa shape index (κ1) is 10.9. The van der Waals surface area contributed by atoms with Crippen LogP contribution in [0.1, 0.15) is 29.8 Å². The maximum atomic E-state index is 11.8. The van der Waals surface area contributed by atoms with E-state index in [9.17, 15) is 9.59 Å². The standard InChI is InChI=1S/C12H16N2O2/c15-10-11-4-3-8-13(11)9-5-12(16)14-6-1-2-7-14/h3-4,8,10H,1-2,5-7,9H2. The molecule has 0 unspecified atom stereocenters. The molecule has 2 heterocycles. The molecule has 0 saturated carbocycles. The van der Waals surface area contributed by atoms with Gasteiger partial charge in [-0.1, -0.05) is 0 Å². The molecule has 1 aromatic heterocycles. The first-order valence-corrected chi connectivity index (χ1v) is 5.69. The molecule has 1 amide bonds. The SMILES string of the molecule is O=Cc1cccn1CCC(=O)N1CCCC1. The lowest BCUT2D eigenvalue weighted by atomic mass is 10.3. The van der Waals surface area contributed by atoms with Gasteiger partial charge in [-0.3, -0.25) is 9.59 Å². The minimum atomic E-state index is 0.197. The van der Waals surface area contributed by atoms with Crippen LogP contribution in [-0.2, 0) is 11.3 Å². The molecular weight excluding hydrogens is 204 g/mol. The molecule has 0 N–H and O–H groups in total. The Morgan fingerprint density at radius 3 is 2.81 bits per heavy atom. The van der Waals surface area contributed by atoms with Gasteiger partial charge in [-0.05, 0) is 25.0 Å². The molecule has 86 valence electrons. The van der Waals surface area contributed by atoms with E-state index in [1.807, 2.05) is 21.7 Å². The Morgan fingerprint density at radius 2 is 2.12 bits per heavy atom. The summed E-state index contributed by atoms with van der Waals surface area (Å²) in [5, 5.41) is 0. The number of likely N-dealkylation sites (tertiary alicyclic amines) is 1. The third-order valence-electron chi connectivity index (χ3n) is 3.01. The van der Waals surface area contributed by atoms with E-state index in [1.54, 1.807) is 6.07 Å². The summed E-state index contributed by atoms with van der Waals surface area (Å²) in [6.45, 7) is 2.38. The molecule has 2 rings (SSSR count).